The van der Waals surface area contributed by atoms with Gasteiger partial charge >= 0.3 is 5.97 Å². The zero-order valence-electron chi connectivity index (χ0n) is 10.2. The van der Waals surface area contributed by atoms with Gasteiger partial charge in [-0.15, -0.1) is 0 Å². The molecule has 5 heteroatoms. The molecular weight excluding hydrogens is 298 g/mol. The number of benzene rings is 1. The van der Waals surface area contributed by atoms with E-state index in [1.54, 1.807) is 4.90 Å². The Morgan fingerprint density at radius 2 is 1.94 bits per heavy atom. The highest BCUT2D eigenvalue weighted by atomic mass is 79.9. The molecule has 4 nitrogen and oxygen atoms in total. The normalized spacial score (nSPS) is 19.4. The monoisotopic (exact) mass is 311 g/mol. The van der Waals surface area contributed by atoms with Crippen LogP contribution in [0.1, 0.15) is 17.5 Å². The minimum atomic E-state index is -0.906. The van der Waals surface area contributed by atoms with E-state index in [1.165, 1.54) is 0 Å². The van der Waals surface area contributed by atoms with Crippen LogP contribution < -0.4 is 4.90 Å². The minimum Gasteiger partial charge on any atom is -0.481 e. The van der Waals surface area contributed by atoms with Crippen molar-refractivity contribution < 1.29 is 14.7 Å². The average Bonchev–Trinajstić information content (AvgIpc) is 2.68. The molecule has 0 aliphatic carbocycles. The van der Waals surface area contributed by atoms with Gasteiger partial charge in [0.2, 0.25) is 5.91 Å². The molecule has 1 atom stereocenters. The number of anilines is 1. The topological polar surface area (TPSA) is 57.6 Å². The first-order valence-corrected chi connectivity index (χ1v) is 6.49. The van der Waals surface area contributed by atoms with E-state index in [4.69, 9.17) is 5.11 Å². The Morgan fingerprint density at radius 3 is 2.39 bits per heavy atom. The van der Waals surface area contributed by atoms with Crippen LogP contribution in [0.2, 0.25) is 0 Å². The van der Waals surface area contributed by atoms with Gasteiger partial charge in [0.1, 0.15) is 0 Å². The Bertz CT molecular complexity index is 504. The van der Waals surface area contributed by atoms with Gasteiger partial charge in [-0.2, -0.15) is 0 Å². The van der Waals surface area contributed by atoms with Gasteiger partial charge in [-0.1, -0.05) is 15.9 Å². The van der Waals surface area contributed by atoms with Crippen molar-refractivity contribution in [1.29, 1.82) is 0 Å². The summed E-state index contributed by atoms with van der Waals surface area (Å²) in [5, 5.41) is 8.96. The molecule has 1 fully saturated rings. The summed E-state index contributed by atoms with van der Waals surface area (Å²) >= 11 is 3.47. The highest BCUT2D eigenvalue weighted by molar-refractivity contribution is 9.10. The summed E-state index contributed by atoms with van der Waals surface area (Å²) in [4.78, 5) is 24.3. The molecule has 1 N–H and O–H groups in total. The standard InChI is InChI=1S/C13H14BrNO3/c1-7-3-10(4-8(2)12(7)14)15-6-9(13(17)18)5-11(15)16/h3-4,9H,5-6H2,1-2H3,(H,17,18)/t9-/m0/s1. The number of aliphatic carboxylic acids is 1. The van der Waals surface area contributed by atoms with E-state index >= 15 is 0 Å². The molecular formula is C13H14BrNO3. The Morgan fingerprint density at radius 1 is 1.39 bits per heavy atom. The number of carbonyl (C=O) groups is 2. The molecule has 96 valence electrons. The van der Waals surface area contributed by atoms with E-state index in [2.05, 4.69) is 15.9 Å². The van der Waals surface area contributed by atoms with Crippen LogP contribution in [-0.4, -0.2) is 23.5 Å². The van der Waals surface area contributed by atoms with Crippen molar-refractivity contribution in [3.8, 4) is 0 Å². The zero-order chi connectivity index (χ0) is 13.4. The largest absolute Gasteiger partial charge is 0.481 e. The lowest BCUT2D eigenvalue weighted by Crippen LogP contribution is -2.25. The molecule has 0 unspecified atom stereocenters. The van der Waals surface area contributed by atoms with Crippen LogP contribution in [0.4, 0.5) is 5.69 Å². The van der Waals surface area contributed by atoms with Crippen LogP contribution in [-0.2, 0) is 9.59 Å². The molecule has 1 heterocycles. The van der Waals surface area contributed by atoms with E-state index in [-0.39, 0.29) is 18.9 Å². The van der Waals surface area contributed by atoms with Gasteiger partial charge in [0.15, 0.2) is 0 Å². The van der Waals surface area contributed by atoms with Gasteiger partial charge < -0.3 is 10.0 Å². The van der Waals surface area contributed by atoms with E-state index in [0.29, 0.717) is 0 Å². The van der Waals surface area contributed by atoms with Crippen LogP contribution in [0, 0.1) is 19.8 Å². The highest BCUT2D eigenvalue weighted by Crippen LogP contribution is 2.31. The number of carboxylic acid groups (broad SMARTS) is 1. The second-order valence-corrected chi connectivity index (χ2v) is 5.43. The molecule has 0 radical (unpaired) electrons. The number of amides is 1. The fraction of sp³-hybridized carbons (Fsp3) is 0.385. The number of rotatable bonds is 2. The molecule has 0 saturated carbocycles. The molecule has 1 aromatic rings. The highest BCUT2D eigenvalue weighted by Gasteiger charge is 2.35. The summed E-state index contributed by atoms with van der Waals surface area (Å²) in [6.45, 7) is 4.17. The number of carboxylic acids is 1. The molecule has 1 aromatic carbocycles. The van der Waals surface area contributed by atoms with Crippen LogP contribution >= 0.6 is 15.9 Å². The lowest BCUT2D eigenvalue weighted by Gasteiger charge is -2.18. The fourth-order valence-electron chi connectivity index (χ4n) is 2.20. The van der Waals surface area contributed by atoms with Crippen LogP contribution in [0.15, 0.2) is 16.6 Å². The summed E-state index contributed by atoms with van der Waals surface area (Å²) in [6.07, 6.45) is 0.0868. The predicted molar refractivity (Wildman–Crippen MR) is 71.7 cm³/mol. The lowest BCUT2D eigenvalue weighted by atomic mass is 10.1. The predicted octanol–water partition coefficient (Wildman–Crippen LogP) is 2.50. The molecule has 1 saturated heterocycles. The van der Waals surface area contributed by atoms with Gasteiger partial charge in [-0.25, -0.2) is 0 Å². The number of halogens is 1. The lowest BCUT2D eigenvalue weighted by molar-refractivity contribution is -0.141. The number of carbonyl (C=O) groups excluding carboxylic acids is 1. The number of hydrogen-bond acceptors (Lipinski definition) is 2. The van der Waals surface area contributed by atoms with Crippen molar-refractivity contribution in [2.24, 2.45) is 5.92 Å². The van der Waals surface area contributed by atoms with Crippen molar-refractivity contribution in [1.82, 2.24) is 0 Å². The van der Waals surface area contributed by atoms with Gasteiger partial charge in [0.05, 0.1) is 5.92 Å². The van der Waals surface area contributed by atoms with Crippen molar-refractivity contribution in [2.45, 2.75) is 20.3 Å². The quantitative estimate of drug-likeness (QED) is 0.913. The summed E-state index contributed by atoms with van der Waals surface area (Å²) in [6, 6.07) is 3.80. The van der Waals surface area contributed by atoms with E-state index in [0.717, 1.165) is 21.3 Å². The Balaban J connectivity index is 2.33. The number of aryl methyl sites for hydroxylation is 2. The van der Waals surface area contributed by atoms with Crippen LogP contribution in [0.25, 0.3) is 0 Å². The fourth-order valence-corrected chi connectivity index (χ4v) is 2.43. The first-order chi connectivity index (χ1) is 8.40. The Labute approximate surface area is 114 Å². The molecule has 0 bridgehead atoms. The summed E-state index contributed by atoms with van der Waals surface area (Å²) in [5.74, 6) is -1.62. The maximum atomic E-state index is 11.8. The van der Waals surface area contributed by atoms with E-state index in [9.17, 15) is 9.59 Å². The van der Waals surface area contributed by atoms with Gasteiger partial charge in [-0.3, -0.25) is 9.59 Å². The molecule has 0 spiro atoms. The van der Waals surface area contributed by atoms with Crippen molar-refractivity contribution in [3.05, 3.63) is 27.7 Å². The second kappa shape index (κ2) is 4.72. The summed E-state index contributed by atoms with van der Waals surface area (Å²) in [5.41, 5.74) is 2.86. The summed E-state index contributed by atoms with van der Waals surface area (Å²) in [7, 11) is 0. The summed E-state index contributed by atoms with van der Waals surface area (Å²) < 4.78 is 1.02. The second-order valence-electron chi connectivity index (χ2n) is 4.64. The molecule has 1 aliphatic rings. The third-order valence-electron chi connectivity index (χ3n) is 3.21. The van der Waals surface area contributed by atoms with Gasteiger partial charge in [-0.05, 0) is 37.1 Å². The maximum Gasteiger partial charge on any atom is 0.308 e. The Hall–Kier alpha value is -1.36. The SMILES string of the molecule is Cc1cc(N2C[C@@H](C(=O)O)CC2=O)cc(C)c1Br. The van der Waals surface area contributed by atoms with Crippen molar-refractivity contribution in [3.63, 3.8) is 0 Å². The number of nitrogens with zero attached hydrogens (tertiary/aromatic N) is 1. The molecule has 18 heavy (non-hydrogen) atoms. The van der Waals surface area contributed by atoms with Crippen LogP contribution in [0.3, 0.4) is 0 Å². The Kier molecular flexibility index (Phi) is 3.43. The molecule has 1 amide bonds. The molecule has 2 rings (SSSR count). The third-order valence-corrected chi connectivity index (χ3v) is 4.46. The van der Waals surface area contributed by atoms with E-state index in [1.807, 2.05) is 26.0 Å². The third kappa shape index (κ3) is 2.27. The minimum absolute atomic E-state index is 0.0868. The molecule has 1 aliphatic heterocycles. The number of hydrogen-bond donors (Lipinski definition) is 1. The first-order valence-electron chi connectivity index (χ1n) is 5.70. The smallest absolute Gasteiger partial charge is 0.308 e. The first kappa shape index (κ1) is 13.1. The van der Waals surface area contributed by atoms with E-state index < -0.39 is 11.9 Å². The molecule has 0 aromatic heterocycles. The van der Waals surface area contributed by atoms with Gasteiger partial charge in [0, 0.05) is 23.1 Å². The zero-order valence-corrected chi connectivity index (χ0v) is 11.8. The average molecular weight is 312 g/mol. The van der Waals surface area contributed by atoms with Gasteiger partial charge in [0.25, 0.3) is 0 Å². The van der Waals surface area contributed by atoms with Crippen LogP contribution in [0.5, 0.6) is 0 Å². The maximum absolute atomic E-state index is 11.8. The van der Waals surface area contributed by atoms with Crippen molar-refractivity contribution in [2.75, 3.05) is 11.4 Å². The van der Waals surface area contributed by atoms with Crippen molar-refractivity contribution >= 4 is 33.5 Å².